The largest absolute Gasteiger partial charge is 0.365 e. The molecule has 1 aliphatic carbocycles. The minimum atomic E-state index is -0.411. The van der Waals surface area contributed by atoms with Gasteiger partial charge in [-0.3, -0.25) is 9.69 Å². The molecule has 2 heterocycles. The van der Waals surface area contributed by atoms with Gasteiger partial charge >= 0.3 is 6.03 Å². The molecule has 2 aliphatic heterocycles. The highest BCUT2D eigenvalue weighted by Gasteiger charge is 2.38. The molecule has 2 N–H and O–H groups in total. The topological polar surface area (TPSA) is 61.4 Å². The third-order valence-electron chi connectivity index (χ3n) is 3.89. The normalized spacial score (nSPS) is 28.8. The summed E-state index contributed by atoms with van der Waals surface area (Å²) in [7, 11) is 0. The van der Waals surface area contributed by atoms with Crippen molar-refractivity contribution in [1.29, 1.82) is 0 Å². The van der Waals surface area contributed by atoms with Crippen molar-refractivity contribution in [1.82, 2.24) is 15.5 Å². The van der Waals surface area contributed by atoms with Gasteiger partial charge < -0.3 is 10.6 Å². The van der Waals surface area contributed by atoms with E-state index in [4.69, 9.17) is 0 Å². The Bertz CT molecular complexity index is 519. The maximum Gasteiger partial charge on any atom is 0.324 e. The van der Waals surface area contributed by atoms with E-state index in [1.165, 1.54) is 16.2 Å². The van der Waals surface area contributed by atoms with Gasteiger partial charge in [0, 0.05) is 30.8 Å². The second-order valence-corrected chi connectivity index (χ2v) is 4.99. The predicted octanol–water partition coefficient (Wildman–Crippen LogP) is 1.26. The number of likely N-dealkylation sites (N-methyl/N-ethyl adjacent to an activating group) is 1. The number of hydrogen-bond donors (Lipinski definition) is 2. The van der Waals surface area contributed by atoms with Crippen molar-refractivity contribution in [2.24, 2.45) is 5.92 Å². The third kappa shape index (κ3) is 1.95. The van der Waals surface area contributed by atoms with Gasteiger partial charge in [-0.15, -0.1) is 0 Å². The van der Waals surface area contributed by atoms with Crippen molar-refractivity contribution in [2.45, 2.75) is 25.8 Å². The van der Waals surface area contributed by atoms with Crippen LogP contribution >= 0.6 is 0 Å². The molecule has 0 aromatic rings. The molecule has 0 saturated carbocycles. The molecule has 0 aromatic heterocycles. The first-order chi connectivity index (χ1) is 9.20. The summed E-state index contributed by atoms with van der Waals surface area (Å²) in [5, 5.41) is 6.00. The molecule has 5 nitrogen and oxygen atoms in total. The van der Waals surface area contributed by atoms with Crippen LogP contribution in [0.3, 0.4) is 0 Å². The monoisotopic (exact) mass is 259 g/mol. The summed E-state index contributed by atoms with van der Waals surface area (Å²) >= 11 is 0. The zero-order chi connectivity index (χ0) is 13.4. The number of hydrogen-bond acceptors (Lipinski definition) is 3. The van der Waals surface area contributed by atoms with Crippen molar-refractivity contribution in [3.63, 3.8) is 0 Å². The third-order valence-corrected chi connectivity index (χ3v) is 3.89. The average molecular weight is 259 g/mol. The lowest BCUT2D eigenvalue weighted by Gasteiger charge is -2.18. The molecule has 5 heteroatoms. The maximum absolute atomic E-state index is 12.1. The summed E-state index contributed by atoms with van der Waals surface area (Å²) in [6, 6.07) is -0.686. The molecule has 1 saturated heterocycles. The van der Waals surface area contributed by atoms with Crippen molar-refractivity contribution in [2.75, 3.05) is 6.54 Å². The lowest BCUT2D eigenvalue weighted by atomic mass is 9.88. The van der Waals surface area contributed by atoms with Crippen LogP contribution in [0, 0.1) is 5.92 Å². The van der Waals surface area contributed by atoms with Gasteiger partial charge in [-0.25, -0.2) is 4.79 Å². The lowest BCUT2D eigenvalue weighted by Crippen LogP contribution is -2.31. The second kappa shape index (κ2) is 4.57. The first-order valence-electron chi connectivity index (χ1n) is 6.64. The maximum atomic E-state index is 12.1. The van der Waals surface area contributed by atoms with E-state index >= 15 is 0 Å². The fourth-order valence-electron chi connectivity index (χ4n) is 2.86. The van der Waals surface area contributed by atoms with Gasteiger partial charge in [-0.05, 0) is 25.0 Å². The quantitative estimate of drug-likeness (QED) is 0.750. The Hall–Kier alpha value is -2.04. The zero-order valence-electron chi connectivity index (χ0n) is 10.8. The zero-order valence-corrected chi connectivity index (χ0v) is 10.8. The summed E-state index contributed by atoms with van der Waals surface area (Å²) in [5.74, 6) is 0.225. The van der Waals surface area contributed by atoms with Crippen molar-refractivity contribution < 1.29 is 9.59 Å². The molecule has 2 atom stereocenters. The number of allylic oxidation sites excluding steroid dienone is 4. The van der Waals surface area contributed by atoms with Crippen LogP contribution in [-0.4, -0.2) is 29.4 Å². The van der Waals surface area contributed by atoms with Crippen LogP contribution in [0.1, 0.15) is 19.8 Å². The van der Waals surface area contributed by atoms with Crippen LogP contribution in [0.15, 0.2) is 35.7 Å². The first-order valence-corrected chi connectivity index (χ1v) is 6.64. The average Bonchev–Trinajstić information content (AvgIpc) is 2.93. The predicted molar refractivity (Wildman–Crippen MR) is 70.9 cm³/mol. The van der Waals surface area contributed by atoms with E-state index in [2.05, 4.69) is 22.8 Å². The van der Waals surface area contributed by atoms with Gasteiger partial charge in [0.2, 0.25) is 0 Å². The number of fused-ring (bicyclic) bond motifs is 1. The molecule has 0 spiro atoms. The molecule has 0 bridgehead atoms. The number of carbonyl (C=O) groups is 2. The van der Waals surface area contributed by atoms with E-state index < -0.39 is 6.04 Å². The van der Waals surface area contributed by atoms with Crippen molar-refractivity contribution in [3.8, 4) is 0 Å². The molecule has 0 aromatic carbocycles. The highest BCUT2D eigenvalue weighted by Crippen LogP contribution is 2.33. The van der Waals surface area contributed by atoms with Crippen LogP contribution in [-0.2, 0) is 4.79 Å². The van der Waals surface area contributed by atoms with Gasteiger partial charge in [0.25, 0.3) is 5.91 Å². The fraction of sp³-hybridized carbons (Fsp3) is 0.429. The number of imide groups is 1. The van der Waals surface area contributed by atoms with Crippen molar-refractivity contribution in [3.05, 3.63) is 35.7 Å². The van der Waals surface area contributed by atoms with E-state index in [1.54, 1.807) is 0 Å². The van der Waals surface area contributed by atoms with Crippen LogP contribution in [0.2, 0.25) is 0 Å². The highest BCUT2D eigenvalue weighted by atomic mass is 16.2. The molecule has 100 valence electrons. The first kappa shape index (κ1) is 12.0. The van der Waals surface area contributed by atoms with Crippen LogP contribution in [0.25, 0.3) is 0 Å². The Morgan fingerprint density at radius 3 is 3.00 bits per heavy atom. The minimum absolute atomic E-state index is 0.114. The Balaban J connectivity index is 1.70. The number of amides is 3. The molecule has 3 aliphatic rings. The summed E-state index contributed by atoms with van der Waals surface area (Å²) in [6.45, 7) is 2.23. The molecule has 3 amide bonds. The van der Waals surface area contributed by atoms with E-state index in [0.29, 0.717) is 18.9 Å². The number of urea groups is 1. The Morgan fingerprint density at radius 2 is 2.26 bits per heavy atom. The highest BCUT2D eigenvalue weighted by molar-refractivity contribution is 6.04. The Kier molecular flexibility index (Phi) is 2.89. The molecule has 3 rings (SSSR count). The van der Waals surface area contributed by atoms with Gasteiger partial charge in [-0.1, -0.05) is 12.2 Å². The summed E-state index contributed by atoms with van der Waals surface area (Å²) in [6.07, 6.45) is 9.74. The van der Waals surface area contributed by atoms with E-state index in [9.17, 15) is 9.59 Å². The number of rotatable bonds is 3. The molecule has 2 unspecified atom stereocenters. The lowest BCUT2D eigenvalue weighted by molar-refractivity contribution is -0.127. The minimum Gasteiger partial charge on any atom is -0.365 e. The fourth-order valence-corrected chi connectivity index (χ4v) is 2.86. The molecular weight excluding hydrogens is 242 g/mol. The summed E-state index contributed by atoms with van der Waals surface area (Å²) in [4.78, 5) is 24.9. The SMILES string of the molecule is CCN1C(=O)NC(CC2=CNC3=CC=CCC23)C1=O. The molecule has 0 radical (unpaired) electrons. The second-order valence-electron chi connectivity index (χ2n) is 4.99. The smallest absolute Gasteiger partial charge is 0.324 e. The molecule has 1 fully saturated rings. The number of nitrogens with one attached hydrogen (secondary N) is 2. The van der Waals surface area contributed by atoms with Gasteiger partial charge in [0.1, 0.15) is 6.04 Å². The molecule has 19 heavy (non-hydrogen) atoms. The van der Waals surface area contributed by atoms with Gasteiger partial charge in [0.15, 0.2) is 0 Å². The number of nitrogens with zero attached hydrogens (tertiary/aromatic N) is 1. The standard InChI is InChI=1S/C14H17N3O2/c1-2-17-13(18)12(16-14(17)19)7-9-8-15-11-6-4-3-5-10(9)11/h3-4,6,8,10,12,15H,2,5,7H2,1H3,(H,16,19). The molecular formula is C14H17N3O2. The Labute approximate surface area is 112 Å². The summed E-state index contributed by atoms with van der Waals surface area (Å²) < 4.78 is 0. The van der Waals surface area contributed by atoms with Crippen molar-refractivity contribution >= 4 is 11.9 Å². The Morgan fingerprint density at radius 1 is 1.42 bits per heavy atom. The van der Waals surface area contributed by atoms with E-state index in [0.717, 1.165) is 6.42 Å². The van der Waals surface area contributed by atoms with E-state index in [1.807, 2.05) is 19.2 Å². The summed E-state index contributed by atoms with van der Waals surface area (Å²) in [5.41, 5.74) is 2.37. The van der Waals surface area contributed by atoms with E-state index in [-0.39, 0.29) is 11.9 Å². The van der Waals surface area contributed by atoms with Gasteiger partial charge in [-0.2, -0.15) is 0 Å². The van der Waals surface area contributed by atoms with Gasteiger partial charge in [0.05, 0.1) is 0 Å². The van der Waals surface area contributed by atoms with Crippen LogP contribution in [0.4, 0.5) is 4.79 Å². The number of carbonyl (C=O) groups excluding carboxylic acids is 2. The van der Waals surface area contributed by atoms with Crippen LogP contribution in [0.5, 0.6) is 0 Å². The van der Waals surface area contributed by atoms with Crippen LogP contribution < -0.4 is 10.6 Å².